The van der Waals surface area contributed by atoms with Crippen LogP contribution in [0.4, 0.5) is 8.78 Å². The van der Waals surface area contributed by atoms with Crippen molar-refractivity contribution in [3.05, 3.63) is 57.6 Å². The molecule has 28 heavy (non-hydrogen) atoms. The fourth-order valence-corrected chi connectivity index (χ4v) is 3.45. The first-order chi connectivity index (χ1) is 12.9. The highest BCUT2D eigenvalue weighted by molar-refractivity contribution is 6.30. The van der Waals surface area contributed by atoms with E-state index >= 15 is 0 Å². The largest absolute Gasteiger partial charge is 0.487 e. The summed E-state index contributed by atoms with van der Waals surface area (Å²) < 4.78 is 40.3. The van der Waals surface area contributed by atoms with Crippen LogP contribution < -0.4 is 9.47 Å². The van der Waals surface area contributed by atoms with E-state index in [2.05, 4.69) is 0 Å². The van der Waals surface area contributed by atoms with Crippen molar-refractivity contribution in [2.45, 2.75) is 51.7 Å². The number of rotatable bonds is 5. The summed E-state index contributed by atoms with van der Waals surface area (Å²) in [6, 6.07) is 5.40. The van der Waals surface area contributed by atoms with Crippen molar-refractivity contribution in [3.63, 3.8) is 0 Å². The number of hydrogen-bond donors (Lipinski definition) is 1. The lowest BCUT2D eigenvalue weighted by atomic mass is 9.84. The number of carboxylic acid groups (broad SMARTS) is 1. The number of carboxylic acids is 1. The number of hydrogen-bond acceptors (Lipinski definition) is 3. The van der Waals surface area contributed by atoms with Crippen molar-refractivity contribution < 1.29 is 28.2 Å². The van der Waals surface area contributed by atoms with Gasteiger partial charge < -0.3 is 14.6 Å². The van der Waals surface area contributed by atoms with Gasteiger partial charge in [0.15, 0.2) is 17.4 Å². The molecule has 0 aromatic heterocycles. The second-order valence-electron chi connectivity index (χ2n) is 8.08. The van der Waals surface area contributed by atoms with E-state index in [1.807, 2.05) is 13.8 Å². The zero-order valence-electron chi connectivity index (χ0n) is 16.0. The molecule has 1 heterocycles. The molecule has 2 aromatic rings. The normalized spacial score (nSPS) is 15.1. The van der Waals surface area contributed by atoms with E-state index in [1.165, 1.54) is 13.8 Å². The highest BCUT2D eigenvalue weighted by Crippen LogP contribution is 2.40. The molecule has 0 amide bonds. The lowest BCUT2D eigenvalue weighted by Crippen LogP contribution is -2.28. The Bertz CT molecular complexity index is 931. The molecule has 1 aliphatic heterocycles. The second kappa shape index (κ2) is 6.92. The van der Waals surface area contributed by atoms with Gasteiger partial charge in [0.25, 0.3) is 0 Å². The summed E-state index contributed by atoms with van der Waals surface area (Å²) in [6.07, 6.45) is 0.664. The third-order valence-corrected chi connectivity index (χ3v) is 5.05. The lowest BCUT2D eigenvalue weighted by Gasteiger charge is -2.21. The summed E-state index contributed by atoms with van der Waals surface area (Å²) >= 11 is 6.15. The highest BCUT2D eigenvalue weighted by Gasteiger charge is 2.33. The minimum Gasteiger partial charge on any atom is -0.487 e. The number of halogens is 3. The monoisotopic (exact) mass is 410 g/mol. The Morgan fingerprint density at radius 1 is 1.25 bits per heavy atom. The molecule has 2 aromatic carbocycles. The molecule has 0 saturated heterocycles. The van der Waals surface area contributed by atoms with E-state index in [9.17, 15) is 18.7 Å². The summed E-state index contributed by atoms with van der Waals surface area (Å²) in [6.45, 7) is 6.48. The Labute approximate surface area is 167 Å². The van der Waals surface area contributed by atoms with Crippen molar-refractivity contribution in [2.24, 2.45) is 0 Å². The summed E-state index contributed by atoms with van der Waals surface area (Å²) in [5, 5.41) is 9.74. The molecule has 0 atom stereocenters. The predicted molar refractivity (Wildman–Crippen MR) is 101 cm³/mol. The molecule has 7 heteroatoms. The van der Waals surface area contributed by atoms with Crippen molar-refractivity contribution in [1.82, 2.24) is 0 Å². The Morgan fingerprint density at radius 3 is 2.43 bits per heavy atom. The van der Waals surface area contributed by atoms with Gasteiger partial charge in [0.2, 0.25) is 0 Å². The van der Waals surface area contributed by atoms with Gasteiger partial charge in [0.05, 0.1) is 5.41 Å². The minimum atomic E-state index is -1.44. The molecule has 0 saturated carbocycles. The first kappa shape index (κ1) is 20.4. The average Bonchev–Trinajstić information content (AvgIpc) is 2.87. The molecule has 0 fully saturated rings. The van der Waals surface area contributed by atoms with E-state index < -0.39 is 34.4 Å². The first-order valence-electron chi connectivity index (χ1n) is 8.77. The third-order valence-electron chi connectivity index (χ3n) is 4.83. The summed E-state index contributed by atoms with van der Waals surface area (Å²) in [5.74, 6) is -3.09. The van der Waals surface area contributed by atoms with E-state index in [-0.39, 0.29) is 12.2 Å². The summed E-state index contributed by atoms with van der Waals surface area (Å²) in [4.78, 5) is 11.3. The topological polar surface area (TPSA) is 55.8 Å². The van der Waals surface area contributed by atoms with Crippen molar-refractivity contribution in [2.75, 3.05) is 0 Å². The standard InChI is InChI=1S/C21H21ClF2O4/c1-20(2)9-11-5-14(22)6-12(17(11)28-20)10-27-18-15(23)7-13(8-16(18)24)21(3,4)19(25)26/h5-8H,9-10H2,1-4H3,(H,25,26). The molecule has 1 aliphatic rings. The van der Waals surface area contributed by atoms with Crippen LogP contribution in [-0.2, 0) is 23.2 Å². The Kier molecular flexibility index (Phi) is 5.04. The van der Waals surface area contributed by atoms with E-state index in [1.54, 1.807) is 12.1 Å². The van der Waals surface area contributed by atoms with Gasteiger partial charge in [0.1, 0.15) is 18.0 Å². The maximum atomic E-state index is 14.5. The zero-order chi connectivity index (χ0) is 20.9. The van der Waals surface area contributed by atoms with Gasteiger partial charge in [-0.25, -0.2) is 8.78 Å². The van der Waals surface area contributed by atoms with Gasteiger partial charge in [-0.1, -0.05) is 11.6 Å². The maximum Gasteiger partial charge on any atom is 0.313 e. The van der Waals surface area contributed by atoms with Crippen LogP contribution in [-0.4, -0.2) is 16.7 Å². The van der Waals surface area contributed by atoms with Gasteiger partial charge in [-0.05, 0) is 63.1 Å². The maximum absolute atomic E-state index is 14.5. The van der Waals surface area contributed by atoms with E-state index in [0.717, 1.165) is 17.7 Å². The fourth-order valence-electron chi connectivity index (χ4n) is 3.18. The molecule has 4 nitrogen and oxygen atoms in total. The minimum absolute atomic E-state index is 0.0103. The highest BCUT2D eigenvalue weighted by atomic mass is 35.5. The van der Waals surface area contributed by atoms with Crippen LogP contribution in [0.2, 0.25) is 5.02 Å². The molecule has 0 radical (unpaired) electrons. The SMILES string of the molecule is CC1(C)Cc2cc(Cl)cc(COc3c(F)cc(C(C)(C)C(=O)O)cc3F)c2O1. The van der Waals surface area contributed by atoms with Gasteiger partial charge in [-0.2, -0.15) is 0 Å². The molecule has 0 spiro atoms. The van der Waals surface area contributed by atoms with E-state index in [4.69, 9.17) is 21.1 Å². The van der Waals surface area contributed by atoms with Crippen LogP contribution in [0.5, 0.6) is 11.5 Å². The molecule has 0 unspecified atom stereocenters. The molecule has 150 valence electrons. The van der Waals surface area contributed by atoms with Crippen LogP contribution in [0.1, 0.15) is 44.4 Å². The predicted octanol–water partition coefficient (Wildman–Crippen LogP) is 5.27. The number of carbonyl (C=O) groups is 1. The number of aliphatic carboxylic acids is 1. The third kappa shape index (κ3) is 3.78. The van der Waals surface area contributed by atoms with Gasteiger partial charge >= 0.3 is 5.97 Å². The van der Waals surface area contributed by atoms with Gasteiger partial charge in [-0.15, -0.1) is 0 Å². The molecular formula is C21H21ClF2O4. The molecule has 0 bridgehead atoms. The molecular weight excluding hydrogens is 390 g/mol. The number of benzene rings is 2. The van der Waals surface area contributed by atoms with Crippen LogP contribution >= 0.6 is 11.6 Å². The first-order valence-corrected chi connectivity index (χ1v) is 9.14. The van der Waals surface area contributed by atoms with Crippen LogP contribution in [0.3, 0.4) is 0 Å². The molecule has 3 rings (SSSR count). The van der Waals surface area contributed by atoms with Crippen LogP contribution in [0.15, 0.2) is 24.3 Å². The Hall–Kier alpha value is -2.34. The van der Waals surface area contributed by atoms with Crippen LogP contribution in [0.25, 0.3) is 0 Å². The Balaban J connectivity index is 1.88. The quantitative estimate of drug-likeness (QED) is 0.729. The second-order valence-corrected chi connectivity index (χ2v) is 8.52. The van der Waals surface area contributed by atoms with Gasteiger partial charge in [-0.3, -0.25) is 4.79 Å². The fraction of sp³-hybridized carbons (Fsp3) is 0.381. The van der Waals surface area contributed by atoms with Crippen molar-refractivity contribution >= 4 is 17.6 Å². The number of ether oxygens (including phenoxy) is 2. The Morgan fingerprint density at radius 2 is 1.86 bits per heavy atom. The lowest BCUT2D eigenvalue weighted by molar-refractivity contribution is -0.142. The average molecular weight is 411 g/mol. The van der Waals surface area contributed by atoms with Gasteiger partial charge in [0, 0.05) is 17.0 Å². The van der Waals surface area contributed by atoms with Crippen molar-refractivity contribution in [3.8, 4) is 11.5 Å². The molecule has 1 N–H and O–H groups in total. The smallest absolute Gasteiger partial charge is 0.313 e. The van der Waals surface area contributed by atoms with Crippen LogP contribution in [0, 0.1) is 11.6 Å². The number of fused-ring (bicyclic) bond motifs is 1. The zero-order valence-corrected chi connectivity index (χ0v) is 16.8. The summed E-state index contributed by atoms with van der Waals surface area (Å²) in [7, 11) is 0. The van der Waals surface area contributed by atoms with Crippen molar-refractivity contribution in [1.29, 1.82) is 0 Å². The van der Waals surface area contributed by atoms with E-state index in [0.29, 0.717) is 22.8 Å². The summed E-state index contributed by atoms with van der Waals surface area (Å²) in [5.41, 5.74) is -0.330. The molecule has 0 aliphatic carbocycles.